The van der Waals surface area contributed by atoms with Gasteiger partial charge in [-0.25, -0.2) is 0 Å². The number of amides is 1. The fraction of sp³-hybridized carbons (Fsp3) is 0.0476. The van der Waals surface area contributed by atoms with E-state index in [-0.39, 0.29) is 18.3 Å². The fourth-order valence-electron chi connectivity index (χ4n) is 2.34. The van der Waals surface area contributed by atoms with E-state index in [4.69, 9.17) is 4.74 Å². The predicted molar refractivity (Wildman–Crippen MR) is 105 cm³/mol. The lowest BCUT2D eigenvalue weighted by Gasteiger charge is -2.08. The second-order valence-corrected chi connectivity index (χ2v) is 6.48. The first-order chi connectivity index (χ1) is 12.6. The summed E-state index contributed by atoms with van der Waals surface area (Å²) in [5, 5.41) is 2.75. The molecule has 130 valence electrons. The van der Waals surface area contributed by atoms with Crippen LogP contribution < -0.4 is 10.1 Å². The van der Waals surface area contributed by atoms with Crippen molar-refractivity contribution >= 4 is 33.3 Å². The molecule has 1 amide bonds. The highest BCUT2D eigenvalue weighted by molar-refractivity contribution is 9.10. The molecule has 0 unspecified atom stereocenters. The third-order valence-corrected chi connectivity index (χ3v) is 4.18. The Morgan fingerprint density at radius 2 is 1.42 bits per heavy atom. The van der Waals surface area contributed by atoms with Crippen molar-refractivity contribution in [2.24, 2.45) is 0 Å². The number of hydrogen-bond donors (Lipinski definition) is 1. The van der Waals surface area contributed by atoms with Gasteiger partial charge in [-0.05, 0) is 48.5 Å². The fourth-order valence-corrected chi connectivity index (χ4v) is 2.60. The van der Waals surface area contributed by atoms with Gasteiger partial charge in [0, 0.05) is 21.3 Å². The summed E-state index contributed by atoms with van der Waals surface area (Å²) in [5.74, 6) is 0.225. The Hall–Kier alpha value is -2.92. The molecule has 4 nitrogen and oxygen atoms in total. The quantitative estimate of drug-likeness (QED) is 0.600. The maximum Gasteiger partial charge on any atom is 0.262 e. The molecule has 0 fully saturated rings. The van der Waals surface area contributed by atoms with Crippen molar-refractivity contribution in [1.29, 1.82) is 0 Å². The minimum absolute atomic E-state index is 0.0508. The third kappa shape index (κ3) is 4.80. The number of carbonyl (C=O) groups excluding carboxylic acids is 2. The summed E-state index contributed by atoms with van der Waals surface area (Å²) >= 11 is 3.34. The highest BCUT2D eigenvalue weighted by Gasteiger charge is 2.09. The van der Waals surface area contributed by atoms with Crippen molar-refractivity contribution in [1.82, 2.24) is 0 Å². The van der Waals surface area contributed by atoms with Gasteiger partial charge in [0.15, 0.2) is 12.4 Å². The van der Waals surface area contributed by atoms with Crippen LogP contribution in [0.1, 0.15) is 15.9 Å². The topological polar surface area (TPSA) is 55.4 Å². The van der Waals surface area contributed by atoms with Gasteiger partial charge in [0.05, 0.1) is 0 Å². The molecule has 0 aliphatic heterocycles. The van der Waals surface area contributed by atoms with Crippen LogP contribution in [0.2, 0.25) is 0 Å². The maximum absolute atomic E-state index is 12.3. The zero-order valence-corrected chi connectivity index (χ0v) is 15.4. The van der Waals surface area contributed by atoms with Gasteiger partial charge in [-0.15, -0.1) is 0 Å². The largest absolute Gasteiger partial charge is 0.484 e. The normalized spacial score (nSPS) is 10.2. The van der Waals surface area contributed by atoms with Crippen molar-refractivity contribution in [3.8, 4) is 5.75 Å². The van der Waals surface area contributed by atoms with E-state index in [1.165, 1.54) is 0 Å². The lowest BCUT2D eigenvalue weighted by atomic mass is 10.0. The molecule has 0 atom stereocenters. The molecule has 3 aromatic rings. The van der Waals surface area contributed by atoms with E-state index in [0.717, 1.165) is 4.47 Å². The Kier molecular flexibility index (Phi) is 5.81. The highest BCUT2D eigenvalue weighted by Crippen LogP contribution is 2.16. The number of nitrogens with one attached hydrogen (secondary N) is 1. The van der Waals surface area contributed by atoms with Crippen LogP contribution in [0.5, 0.6) is 5.75 Å². The van der Waals surface area contributed by atoms with Gasteiger partial charge in [0.1, 0.15) is 5.75 Å². The Labute approximate surface area is 159 Å². The lowest BCUT2D eigenvalue weighted by Crippen LogP contribution is -2.20. The van der Waals surface area contributed by atoms with E-state index in [0.29, 0.717) is 22.6 Å². The van der Waals surface area contributed by atoms with Crippen molar-refractivity contribution < 1.29 is 14.3 Å². The van der Waals surface area contributed by atoms with Crippen LogP contribution in [-0.4, -0.2) is 18.3 Å². The van der Waals surface area contributed by atoms with E-state index >= 15 is 0 Å². The highest BCUT2D eigenvalue weighted by atomic mass is 79.9. The van der Waals surface area contributed by atoms with E-state index in [2.05, 4.69) is 21.2 Å². The van der Waals surface area contributed by atoms with Crippen LogP contribution in [0.4, 0.5) is 5.69 Å². The second kappa shape index (κ2) is 8.45. The van der Waals surface area contributed by atoms with E-state index < -0.39 is 0 Å². The average molecular weight is 410 g/mol. The van der Waals surface area contributed by atoms with Crippen LogP contribution in [0, 0.1) is 0 Å². The van der Waals surface area contributed by atoms with Gasteiger partial charge in [0.2, 0.25) is 0 Å². The Morgan fingerprint density at radius 3 is 2.08 bits per heavy atom. The maximum atomic E-state index is 12.3. The SMILES string of the molecule is O=C(COc1ccc(C(=O)c2ccccc2)cc1)Nc1ccc(Br)cc1. The molecule has 0 aliphatic carbocycles. The summed E-state index contributed by atoms with van der Waals surface area (Å²) in [4.78, 5) is 24.3. The third-order valence-electron chi connectivity index (χ3n) is 3.65. The first kappa shape index (κ1) is 17.9. The molecule has 3 aromatic carbocycles. The molecule has 0 heterocycles. The van der Waals surface area contributed by atoms with E-state index in [9.17, 15) is 9.59 Å². The molecular weight excluding hydrogens is 394 g/mol. The van der Waals surface area contributed by atoms with Crippen LogP contribution in [0.25, 0.3) is 0 Å². The van der Waals surface area contributed by atoms with Gasteiger partial charge in [-0.3, -0.25) is 9.59 Å². The summed E-state index contributed by atoms with van der Waals surface area (Å²) < 4.78 is 6.41. The summed E-state index contributed by atoms with van der Waals surface area (Å²) in [6.45, 7) is -0.109. The summed E-state index contributed by atoms with van der Waals surface area (Å²) in [7, 11) is 0. The molecule has 26 heavy (non-hydrogen) atoms. The smallest absolute Gasteiger partial charge is 0.262 e. The minimum atomic E-state index is -0.253. The molecule has 0 aromatic heterocycles. The standard InChI is InChI=1S/C21H16BrNO3/c22-17-8-10-18(11-9-17)23-20(24)14-26-19-12-6-16(7-13-19)21(25)15-4-2-1-3-5-15/h1-13H,14H2,(H,23,24). The van der Waals surface area contributed by atoms with Crippen LogP contribution in [-0.2, 0) is 4.79 Å². The van der Waals surface area contributed by atoms with Gasteiger partial charge in [-0.2, -0.15) is 0 Å². The van der Waals surface area contributed by atoms with Crippen LogP contribution in [0.15, 0.2) is 83.3 Å². The Morgan fingerprint density at radius 1 is 0.808 bits per heavy atom. The van der Waals surface area contributed by atoms with Crippen molar-refractivity contribution in [2.75, 3.05) is 11.9 Å². The number of halogens is 1. The molecular formula is C21H16BrNO3. The molecule has 0 saturated carbocycles. The molecule has 5 heteroatoms. The molecule has 0 radical (unpaired) electrons. The number of hydrogen-bond acceptors (Lipinski definition) is 3. The van der Waals surface area contributed by atoms with Gasteiger partial charge in [-0.1, -0.05) is 46.3 Å². The first-order valence-corrected chi connectivity index (χ1v) is 8.79. The Balaban J connectivity index is 1.55. The van der Waals surface area contributed by atoms with Crippen molar-refractivity contribution in [3.05, 3.63) is 94.5 Å². The predicted octanol–water partition coefficient (Wildman–Crippen LogP) is 4.70. The number of benzene rings is 3. The lowest BCUT2D eigenvalue weighted by molar-refractivity contribution is -0.118. The van der Waals surface area contributed by atoms with Gasteiger partial charge < -0.3 is 10.1 Å². The zero-order chi connectivity index (χ0) is 18.4. The van der Waals surface area contributed by atoms with Crippen molar-refractivity contribution in [2.45, 2.75) is 0 Å². The number of anilines is 1. The molecule has 0 bridgehead atoms. The number of rotatable bonds is 6. The first-order valence-electron chi connectivity index (χ1n) is 8.00. The number of ketones is 1. The molecule has 1 N–H and O–H groups in total. The van der Waals surface area contributed by atoms with E-state index in [1.54, 1.807) is 48.5 Å². The van der Waals surface area contributed by atoms with Crippen molar-refractivity contribution in [3.63, 3.8) is 0 Å². The van der Waals surface area contributed by atoms with Gasteiger partial charge >= 0.3 is 0 Å². The number of carbonyl (C=O) groups is 2. The molecule has 0 saturated heterocycles. The number of ether oxygens (including phenoxy) is 1. The minimum Gasteiger partial charge on any atom is -0.484 e. The second-order valence-electron chi connectivity index (χ2n) is 5.56. The summed E-state index contributed by atoms with van der Waals surface area (Å²) in [5.41, 5.74) is 1.91. The summed E-state index contributed by atoms with van der Waals surface area (Å²) in [6.07, 6.45) is 0. The molecule has 3 rings (SSSR count). The van der Waals surface area contributed by atoms with E-state index in [1.807, 2.05) is 30.3 Å². The molecule has 0 spiro atoms. The van der Waals surface area contributed by atoms with Crippen LogP contribution >= 0.6 is 15.9 Å². The Bertz CT molecular complexity index is 891. The zero-order valence-electron chi connectivity index (χ0n) is 13.8. The molecule has 0 aliphatic rings. The average Bonchev–Trinajstić information content (AvgIpc) is 2.69. The van der Waals surface area contributed by atoms with Crippen LogP contribution in [0.3, 0.4) is 0 Å². The monoisotopic (exact) mass is 409 g/mol. The summed E-state index contributed by atoms with van der Waals surface area (Å²) in [6, 6.07) is 23.1. The van der Waals surface area contributed by atoms with Gasteiger partial charge in [0.25, 0.3) is 5.91 Å².